The topological polar surface area (TPSA) is 92.5 Å². The average molecular weight is 333 g/mol. The van der Waals surface area contributed by atoms with Gasteiger partial charge in [0, 0.05) is 24.7 Å². The Kier molecular flexibility index (Phi) is 4.51. The van der Waals surface area contributed by atoms with E-state index in [1.165, 1.54) is 17.0 Å². The van der Waals surface area contributed by atoms with Crippen LogP contribution in [0.4, 0.5) is 10.1 Å². The van der Waals surface area contributed by atoms with Gasteiger partial charge < -0.3 is 16.0 Å². The number of halogens is 1. The molecule has 1 aromatic carbocycles. The van der Waals surface area contributed by atoms with Crippen LogP contribution in [0.1, 0.15) is 42.5 Å². The average Bonchev–Trinajstić information content (AvgIpc) is 3.15. The van der Waals surface area contributed by atoms with Crippen molar-refractivity contribution in [3.8, 4) is 0 Å². The van der Waals surface area contributed by atoms with Crippen molar-refractivity contribution in [3.05, 3.63) is 29.6 Å². The van der Waals surface area contributed by atoms with Crippen LogP contribution in [0.25, 0.3) is 0 Å². The van der Waals surface area contributed by atoms with Crippen LogP contribution in [0.3, 0.4) is 0 Å². The Morgan fingerprint density at radius 1 is 1.25 bits per heavy atom. The Morgan fingerprint density at radius 2 is 2.04 bits per heavy atom. The fourth-order valence-electron chi connectivity index (χ4n) is 3.50. The second-order valence-electron chi connectivity index (χ2n) is 6.33. The largest absolute Gasteiger partial charge is 0.369 e. The number of carbonyl (C=O) groups is 3. The predicted molar refractivity (Wildman–Crippen MR) is 85.8 cm³/mol. The first-order chi connectivity index (χ1) is 11.5. The Bertz CT molecular complexity index is 692. The van der Waals surface area contributed by atoms with Crippen LogP contribution in [0.15, 0.2) is 18.2 Å². The quantitative estimate of drug-likeness (QED) is 0.871. The summed E-state index contributed by atoms with van der Waals surface area (Å²) in [6.07, 6.45) is 3.30. The Balaban J connectivity index is 1.73. The van der Waals surface area contributed by atoms with Gasteiger partial charge in [-0.2, -0.15) is 0 Å². The summed E-state index contributed by atoms with van der Waals surface area (Å²) in [4.78, 5) is 36.9. The maximum Gasteiger partial charge on any atom is 0.254 e. The molecule has 1 aliphatic heterocycles. The zero-order valence-corrected chi connectivity index (χ0v) is 13.3. The molecule has 7 heteroatoms. The van der Waals surface area contributed by atoms with Crippen molar-refractivity contribution in [1.29, 1.82) is 0 Å². The normalized spacial score (nSPS) is 23.5. The van der Waals surface area contributed by atoms with Gasteiger partial charge in [0.1, 0.15) is 5.82 Å². The number of rotatable bonds is 4. The van der Waals surface area contributed by atoms with Crippen LogP contribution in [0.5, 0.6) is 0 Å². The van der Waals surface area contributed by atoms with E-state index < -0.39 is 23.5 Å². The monoisotopic (exact) mass is 333 g/mol. The third-order valence-electron chi connectivity index (χ3n) is 4.78. The molecule has 1 aromatic rings. The molecule has 3 rings (SSSR count). The molecular weight excluding hydrogens is 313 g/mol. The molecule has 0 spiro atoms. The van der Waals surface area contributed by atoms with Crippen LogP contribution < -0.4 is 16.0 Å². The van der Waals surface area contributed by atoms with Crippen molar-refractivity contribution in [2.45, 2.75) is 38.1 Å². The second kappa shape index (κ2) is 6.59. The van der Waals surface area contributed by atoms with E-state index in [0.29, 0.717) is 31.5 Å². The second-order valence-corrected chi connectivity index (χ2v) is 6.33. The molecule has 0 bridgehead atoms. The zero-order valence-electron chi connectivity index (χ0n) is 13.3. The van der Waals surface area contributed by atoms with Crippen molar-refractivity contribution in [1.82, 2.24) is 5.32 Å². The lowest BCUT2D eigenvalue weighted by molar-refractivity contribution is -0.122. The minimum Gasteiger partial charge on any atom is -0.369 e. The van der Waals surface area contributed by atoms with Gasteiger partial charge in [0.2, 0.25) is 11.8 Å². The van der Waals surface area contributed by atoms with Gasteiger partial charge in [0.25, 0.3) is 5.91 Å². The van der Waals surface area contributed by atoms with E-state index in [0.717, 1.165) is 12.8 Å². The molecule has 2 fully saturated rings. The molecule has 128 valence electrons. The maximum absolute atomic E-state index is 14.3. The Morgan fingerprint density at radius 3 is 2.67 bits per heavy atom. The first-order valence-corrected chi connectivity index (χ1v) is 8.17. The van der Waals surface area contributed by atoms with Crippen molar-refractivity contribution in [2.24, 2.45) is 11.7 Å². The number of anilines is 1. The van der Waals surface area contributed by atoms with Gasteiger partial charge in [-0.05, 0) is 37.5 Å². The number of primary amides is 1. The van der Waals surface area contributed by atoms with Crippen molar-refractivity contribution < 1.29 is 18.8 Å². The number of nitrogens with two attached hydrogens (primary N) is 1. The first-order valence-electron chi connectivity index (χ1n) is 8.17. The van der Waals surface area contributed by atoms with Crippen molar-refractivity contribution in [2.75, 3.05) is 11.4 Å². The minimum atomic E-state index is -0.682. The molecule has 2 unspecified atom stereocenters. The molecule has 0 radical (unpaired) electrons. The molecule has 2 atom stereocenters. The summed E-state index contributed by atoms with van der Waals surface area (Å²) in [7, 11) is 0. The number of carbonyl (C=O) groups excluding carboxylic acids is 3. The summed E-state index contributed by atoms with van der Waals surface area (Å²) >= 11 is 0. The van der Waals surface area contributed by atoms with E-state index in [-0.39, 0.29) is 17.5 Å². The van der Waals surface area contributed by atoms with Crippen LogP contribution in [0.2, 0.25) is 0 Å². The molecule has 2 aliphatic rings. The van der Waals surface area contributed by atoms with Gasteiger partial charge >= 0.3 is 0 Å². The lowest BCUT2D eigenvalue weighted by Gasteiger charge is -2.19. The third-order valence-corrected chi connectivity index (χ3v) is 4.78. The predicted octanol–water partition coefficient (Wildman–Crippen LogP) is 1.34. The molecular formula is C17H20FN3O3. The fourth-order valence-corrected chi connectivity index (χ4v) is 3.50. The Hall–Kier alpha value is -2.44. The van der Waals surface area contributed by atoms with E-state index in [1.807, 2.05) is 0 Å². The first kappa shape index (κ1) is 16.4. The summed E-state index contributed by atoms with van der Waals surface area (Å²) in [6, 6.07) is 3.80. The SMILES string of the molecule is NC(=O)C1CCCC1NC(=O)c1ccc(N2CCCC2=O)cc1F. The van der Waals surface area contributed by atoms with Gasteiger partial charge in [-0.1, -0.05) is 6.42 Å². The number of nitrogens with zero attached hydrogens (tertiary/aromatic N) is 1. The molecule has 3 amide bonds. The van der Waals surface area contributed by atoms with Crippen LogP contribution >= 0.6 is 0 Å². The summed E-state index contributed by atoms with van der Waals surface area (Å²) in [5.41, 5.74) is 5.70. The van der Waals surface area contributed by atoms with E-state index in [2.05, 4.69) is 5.32 Å². The molecule has 6 nitrogen and oxygen atoms in total. The van der Waals surface area contributed by atoms with Crippen LogP contribution in [0, 0.1) is 11.7 Å². The molecule has 24 heavy (non-hydrogen) atoms. The molecule has 3 N–H and O–H groups in total. The molecule has 1 saturated carbocycles. The molecule has 1 aliphatic carbocycles. The highest BCUT2D eigenvalue weighted by Crippen LogP contribution is 2.27. The lowest BCUT2D eigenvalue weighted by atomic mass is 10.0. The number of benzene rings is 1. The van der Waals surface area contributed by atoms with E-state index in [4.69, 9.17) is 5.73 Å². The van der Waals surface area contributed by atoms with Crippen LogP contribution in [-0.2, 0) is 9.59 Å². The third kappa shape index (κ3) is 3.11. The highest BCUT2D eigenvalue weighted by molar-refractivity contribution is 5.98. The van der Waals surface area contributed by atoms with Gasteiger partial charge in [-0.3, -0.25) is 14.4 Å². The van der Waals surface area contributed by atoms with E-state index in [9.17, 15) is 18.8 Å². The summed E-state index contributed by atoms with van der Waals surface area (Å²) < 4.78 is 14.3. The summed E-state index contributed by atoms with van der Waals surface area (Å²) in [5.74, 6) is -2.13. The van der Waals surface area contributed by atoms with Gasteiger partial charge in [-0.15, -0.1) is 0 Å². The van der Waals surface area contributed by atoms with Crippen molar-refractivity contribution >= 4 is 23.4 Å². The standard InChI is InChI=1S/C17H20FN3O3/c18-13-9-10(21-8-2-5-15(21)22)6-7-11(13)17(24)20-14-4-1-3-12(14)16(19)23/h6-7,9,12,14H,1-5,8H2,(H2,19,23)(H,20,24). The maximum atomic E-state index is 14.3. The molecule has 1 saturated heterocycles. The number of nitrogens with one attached hydrogen (secondary N) is 1. The number of hydrogen-bond acceptors (Lipinski definition) is 3. The lowest BCUT2D eigenvalue weighted by Crippen LogP contribution is -2.42. The number of amides is 3. The Labute approximate surface area is 139 Å². The molecule has 0 aromatic heterocycles. The molecule has 1 heterocycles. The van der Waals surface area contributed by atoms with E-state index in [1.54, 1.807) is 6.07 Å². The number of hydrogen-bond donors (Lipinski definition) is 2. The smallest absolute Gasteiger partial charge is 0.254 e. The van der Waals surface area contributed by atoms with Crippen LogP contribution in [-0.4, -0.2) is 30.3 Å². The highest BCUT2D eigenvalue weighted by atomic mass is 19.1. The highest BCUT2D eigenvalue weighted by Gasteiger charge is 2.33. The minimum absolute atomic E-state index is 0.0399. The van der Waals surface area contributed by atoms with Crippen molar-refractivity contribution in [3.63, 3.8) is 0 Å². The summed E-state index contributed by atoms with van der Waals surface area (Å²) in [6.45, 7) is 0.562. The van der Waals surface area contributed by atoms with Gasteiger partial charge in [0.05, 0.1) is 11.5 Å². The van der Waals surface area contributed by atoms with Gasteiger partial charge in [-0.25, -0.2) is 4.39 Å². The zero-order chi connectivity index (χ0) is 17.3. The summed E-state index contributed by atoms with van der Waals surface area (Å²) in [5, 5.41) is 2.70. The van der Waals surface area contributed by atoms with Gasteiger partial charge in [0.15, 0.2) is 0 Å². The fraction of sp³-hybridized carbons (Fsp3) is 0.471. The van der Waals surface area contributed by atoms with E-state index >= 15 is 0 Å².